The molecule has 0 saturated heterocycles. The number of aromatic nitrogens is 10. The van der Waals surface area contributed by atoms with Gasteiger partial charge in [-0.3, -0.25) is 0 Å². The molecule has 0 unspecified atom stereocenters. The Morgan fingerprint density at radius 2 is 0.521 bits per heavy atom. The summed E-state index contributed by atoms with van der Waals surface area (Å²) in [6.07, 6.45) is 40.1. The molecule has 0 radical (unpaired) electrons. The standard InChI is InChI=1S/C83H82Cl2N12O2.2CHF3O3S.6BrH/c1-98-72-10-14-78-76(60-72)82(74-12-8-70(84)58-80(74)88-78)86-32-3-34-90-42-16-62(17-43-90)64-20-46-92(47-21-64)36-5-38-94-50-24-66(25-51-94)68-28-54-96(55-29-68)40-7-41-97-56-30-69(31-57-97)67-26-52-95(53-27-67)39-6-37-93-48-22-65(23-49-93)63-18-44-91(45-19-63)35-4-33-87-83-75-13-9-71(85)59-81(75)89-79-15-11-73(99-2)61-77(79)83;2*2-1(3,4)8(5,6)7;;;;;;/h8-31,42-61H,3-7,32-41H2,1-2H3,(H,86,88)(H,87,89);2*(H,5,6,7);6*1H/q+8;;;;;;;;/p-8. The number of methoxy groups -OCH3 is 2. The minimum absolute atomic E-state index is 0. The largest absolute Gasteiger partial charge is 1.00 e. The zero-order chi connectivity index (χ0) is 81.3. The number of alkyl halides is 6. The molecule has 0 bridgehead atoms. The Bertz CT molecular complexity index is 5570. The van der Waals surface area contributed by atoms with E-state index in [1.807, 2.05) is 72.8 Å². The first kappa shape index (κ1) is 101. The first-order valence-corrected chi connectivity index (χ1v) is 40.4. The van der Waals surface area contributed by atoms with E-state index < -0.39 is 31.3 Å². The number of halogens is 14. The van der Waals surface area contributed by atoms with Crippen molar-refractivity contribution < 1.29 is 200 Å². The highest BCUT2D eigenvalue weighted by atomic mass is 79.9. The van der Waals surface area contributed by atoms with Gasteiger partial charge in [0, 0.05) is 155 Å². The maximum atomic E-state index is 10.7. The first-order chi connectivity index (χ1) is 55.2. The van der Waals surface area contributed by atoms with Crippen LogP contribution in [0.2, 0.25) is 10.0 Å². The van der Waals surface area contributed by atoms with Crippen LogP contribution in [0.3, 0.4) is 0 Å². The lowest BCUT2D eigenvalue weighted by Crippen LogP contribution is -3.00. The minimum atomic E-state index is -6.09. The van der Waals surface area contributed by atoms with E-state index in [-0.39, 0.29) is 102 Å². The molecule has 20 nitrogen and oxygen atoms in total. The number of rotatable bonds is 28. The summed E-state index contributed by atoms with van der Waals surface area (Å²) < 4.78 is 147. The lowest BCUT2D eigenvalue weighted by atomic mass is 10.1. The molecule has 121 heavy (non-hydrogen) atoms. The second-order valence-corrected chi connectivity index (χ2v) is 30.7. The second-order valence-electron chi connectivity index (χ2n) is 27.1. The van der Waals surface area contributed by atoms with Gasteiger partial charge in [0.2, 0.25) is 0 Å². The summed E-state index contributed by atoms with van der Waals surface area (Å²) in [6, 6.07) is 59.2. The van der Waals surface area contributed by atoms with E-state index in [9.17, 15) is 26.3 Å². The fraction of sp³-hybridized carbons (Fsp3) is 0.224. The first-order valence-electron chi connectivity index (χ1n) is 36.8. The molecule has 2 N–H and O–H groups in total. The summed E-state index contributed by atoms with van der Waals surface area (Å²) >= 11 is 12.7. The summed E-state index contributed by atoms with van der Waals surface area (Å²) in [5.74, 6) is 1.61. The van der Waals surface area contributed by atoms with Gasteiger partial charge in [-0.15, -0.1) is 0 Å². The predicted molar refractivity (Wildman–Crippen MR) is 422 cm³/mol. The predicted octanol–water partition coefficient (Wildman–Crippen LogP) is -4.22. The van der Waals surface area contributed by atoms with E-state index in [0.717, 1.165) is 164 Å². The fourth-order valence-corrected chi connectivity index (χ4v) is 13.4. The van der Waals surface area contributed by atoms with Crippen LogP contribution in [0.4, 0.5) is 37.7 Å². The van der Waals surface area contributed by atoms with Crippen molar-refractivity contribution in [2.75, 3.05) is 37.9 Å². The smallest absolute Gasteiger partial charge is 0.485 e. The summed E-state index contributed by atoms with van der Waals surface area (Å²) in [5, 5.41) is 12.9. The Labute approximate surface area is 770 Å². The molecule has 0 aliphatic carbocycles. The van der Waals surface area contributed by atoms with Gasteiger partial charge >= 0.3 is 11.0 Å². The van der Waals surface area contributed by atoms with Crippen molar-refractivity contribution in [2.24, 2.45) is 0 Å². The van der Waals surface area contributed by atoms with Crippen LogP contribution in [-0.4, -0.2) is 74.2 Å². The van der Waals surface area contributed by atoms with Crippen LogP contribution < -0.4 is 159 Å². The van der Waals surface area contributed by atoms with Crippen LogP contribution in [0.1, 0.15) is 32.1 Å². The van der Waals surface area contributed by atoms with Gasteiger partial charge in [0.15, 0.2) is 159 Å². The van der Waals surface area contributed by atoms with E-state index in [1.54, 1.807) is 14.2 Å². The van der Waals surface area contributed by atoms with Gasteiger partial charge in [-0.2, -0.15) is 26.3 Å². The molecule has 36 heteroatoms. The Hall–Kier alpha value is -8.52. The Kier molecular flexibility index (Phi) is 39.2. The molecule has 0 aliphatic heterocycles. The second kappa shape index (κ2) is 46.8. The minimum Gasteiger partial charge on any atom is -1.00 e. The monoisotopic (exact) mass is 2120 g/mol. The zero-order valence-corrected chi connectivity index (χ0v) is 77.5. The number of anilines is 2. The van der Waals surface area contributed by atoms with Crippen molar-refractivity contribution in [2.45, 2.75) is 95.5 Å². The summed E-state index contributed by atoms with van der Waals surface area (Å²) in [7, 11) is -8.80. The number of pyridine rings is 10. The summed E-state index contributed by atoms with van der Waals surface area (Å²) in [6.45, 7) is 9.08. The summed E-state index contributed by atoms with van der Waals surface area (Å²) in [5.41, 5.74) is 4.08. The fourth-order valence-electron chi connectivity index (χ4n) is 13.1. The highest BCUT2D eigenvalue weighted by molar-refractivity contribution is 7.86. The molecule has 0 amide bonds. The van der Waals surface area contributed by atoms with Crippen molar-refractivity contribution in [3.8, 4) is 56.0 Å². The van der Waals surface area contributed by atoms with E-state index in [2.05, 4.69) is 243 Å². The number of hydrogen-bond acceptors (Lipinski definition) is 12. The molecule has 0 atom stereocenters. The topological polar surface area (TPSA) is 214 Å². The molecule has 0 aliphatic rings. The lowest BCUT2D eigenvalue weighted by molar-refractivity contribution is -0.727. The van der Waals surface area contributed by atoms with Gasteiger partial charge in [0.05, 0.1) is 66.9 Å². The van der Waals surface area contributed by atoms with Crippen LogP contribution in [0.25, 0.3) is 88.1 Å². The summed E-state index contributed by atoms with van der Waals surface area (Å²) in [4.78, 5) is 9.74. The molecule has 0 spiro atoms. The van der Waals surface area contributed by atoms with Gasteiger partial charge in [0.25, 0.3) is 0 Å². The average Bonchev–Trinajstić information content (AvgIpc) is 0.770. The van der Waals surface area contributed by atoms with Gasteiger partial charge in [-0.05, 0) is 117 Å². The molecule has 14 aromatic rings. The van der Waals surface area contributed by atoms with Crippen LogP contribution >= 0.6 is 23.2 Å². The van der Waals surface area contributed by atoms with E-state index >= 15 is 0 Å². The number of fused-ring (bicyclic) bond motifs is 4. The molecule has 4 aromatic carbocycles. The van der Waals surface area contributed by atoms with Gasteiger partial charge in [0.1, 0.15) is 24.6 Å². The third kappa shape index (κ3) is 28.3. The Balaban J connectivity index is 0.000000939. The molecule has 10 heterocycles. The molecule has 640 valence electrons. The third-order valence-electron chi connectivity index (χ3n) is 19.2. The highest BCUT2D eigenvalue weighted by Gasteiger charge is 2.38. The van der Waals surface area contributed by atoms with Crippen LogP contribution in [0.5, 0.6) is 11.5 Å². The van der Waals surface area contributed by atoms with Crippen molar-refractivity contribution in [1.82, 2.24) is 9.97 Å². The number of nitrogens with zero attached hydrogens (tertiary/aromatic N) is 10. The highest BCUT2D eigenvalue weighted by Crippen LogP contribution is 2.37. The average molecular weight is 2130 g/mol. The molecule has 0 saturated carbocycles. The van der Waals surface area contributed by atoms with Crippen molar-refractivity contribution in [3.63, 3.8) is 0 Å². The van der Waals surface area contributed by atoms with Crippen molar-refractivity contribution in [3.05, 3.63) is 279 Å². The van der Waals surface area contributed by atoms with Gasteiger partial charge in [-0.25, -0.2) is 63.3 Å². The zero-order valence-electron chi connectivity index (χ0n) is 64.9. The van der Waals surface area contributed by atoms with Crippen LogP contribution in [0.15, 0.2) is 269 Å². The quantitative estimate of drug-likeness (QED) is 0.0119. The number of nitrogens with one attached hydrogen (secondary N) is 2. The third-order valence-corrected chi connectivity index (χ3v) is 20.8. The number of hydrogen-bond donors (Lipinski definition) is 2. The van der Waals surface area contributed by atoms with Crippen molar-refractivity contribution >= 4 is 98.4 Å². The lowest BCUT2D eigenvalue weighted by Gasteiger charge is -2.14. The van der Waals surface area contributed by atoms with Gasteiger partial charge < -0.3 is 131 Å². The van der Waals surface area contributed by atoms with E-state index in [4.69, 9.17) is 68.6 Å². The van der Waals surface area contributed by atoms with Crippen LogP contribution in [0, 0.1) is 0 Å². The molecule has 10 aromatic heterocycles. The number of ether oxygens (including phenoxy) is 2. The van der Waals surface area contributed by atoms with Crippen LogP contribution in [-0.2, 0) is 72.6 Å². The normalized spacial score (nSPS) is 11.2. The Morgan fingerprint density at radius 3 is 0.719 bits per heavy atom. The molecular weight excluding hydrogens is 2050 g/mol. The SMILES string of the molecule is COc1ccc2nc3cc(Cl)ccc3c(NCCC[n+]3ccc(-c4cc[n+](CCC[n+]5ccc(-c6cc[n+](CCC[n+]7ccc(-c8cc[n+](CCC[n+]9ccc(-c%10cc[n+](CCCNc%11c%12ccc(Cl)cc%12nc%12ccc(OC)cc%11%12)cc%10)cc9)cc8)cc7)cc6)cc5)cc4)cc3)c2c1.O=S(=O)([O-])C(F)(F)F.O=S(=O)([O-])C(F)(F)F.[Br-].[Br-].[Br-].[Br-].[Br-].[Br-]. The molecule has 14 rings (SSSR count). The van der Waals surface area contributed by atoms with E-state index in [0.29, 0.717) is 10.0 Å². The maximum Gasteiger partial charge on any atom is 0.485 e. The number of benzene rings is 4. The Morgan fingerprint density at radius 1 is 0.314 bits per heavy atom. The van der Waals surface area contributed by atoms with E-state index in [1.165, 1.54) is 44.5 Å². The molecular formula is C85H82Br6Cl2F6N12O8S2. The molecule has 0 fully saturated rings. The maximum absolute atomic E-state index is 10.7. The van der Waals surface area contributed by atoms with Gasteiger partial charge in [-0.1, -0.05) is 23.2 Å². The van der Waals surface area contributed by atoms with Crippen molar-refractivity contribution in [1.29, 1.82) is 0 Å². The number of aryl methyl sites for hydroxylation is 8.